The number of benzene rings is 1. The van der Waals surface area contributed by atoms with Crippen molar-refractivity contribution in [3.8, 4) is 11.5 Å². The molecule has 1 heterocycles. The minimum atomic E-state index is 0. The number of hydrogen-bond acceptors (Lipinski definition) is 5. The van der Waals surface area contributed by atoms with Gasteiger partial charge in [-0.2, -0.15) is 0 Å². The molecule has 1 aromatic carbocycles. The van der Waals surface area contributed by atoms with E-state index in [1.165, 1.54) is 0 Å². The van der Waals surface area contributed by atoms with Crippen molar-refractivity contribution in [1.82, 2.24) is 5.32 Å². The standard InChI is InChI=1S/C15H22N2O4.ClH/c1-19-7-6-17(15(18)11-9-16-10-11)12-4-5-13(20-2)14(8-12)21-3;/h4-5,8,11,16H,6-7,9-10H2,1-3H3;1H. The number of carbonyl (C=O) groups is 1. The molecule has 6 nitrogen and oxygen atoms in total. The van der Waals surface area contributed by atoms with E-state index in [-0.39, 0.29) is 24.2 Å². The Kier molecular flexibility index (Phi) is 7.44. The first kappa shape index (κ1) is 18.5. The van der Waals surface area contributed by atoms with E-state index >= 15 is 0 Å². The highest BCUT2D eigenvalue weighted by Crippen LogP contribution is 2.32. The summed E-state index contributed by atoms with van der Waals surface area (Å²) < 4.78 is 15.6. The summed E-state index contributed by atoms with van der Waals surface area (Å²) >= 11 is 0. The molecule has 0 radical (unpaired) electrons. The van der Waals surface area contributed by atoms with Crippen LogP contribution in [0.15, 0.2) is 18.2 Å². The van der Waals surface area contributed by atoms with Crippen LogP contribution in [0.25, 0.3) is 0 Å². The van der Waals surface area contributed by atoms with E-state index in [2.05, 4.69) is 5.32 Å². The summed E-state index contributed by atoms with van der Waals surface area (Å²) in [5.41, 5.74) is 0.793. The molecule has 2 rings (SSSR count). The van der Waals surface area contributed by atoms with Crippen molar-refractivity contribution in [3.05, 3.63) is 18.2 Å². The number of amides is 1. The Balaban J connectivity index is 0.00000242. The normalized spacial score (nSPS) is 13.8. The number of nitrogens with one attached hydrogen (secondary N) is 1. The van der Waals surface area contributed by atoms with Gasteiger partial charge in [-0.15, -0.1) is 12.4 Å². The molecular weight excluding hydrogens is 308 g/mol. The predicted molar refractivity (Wildman–Crippen MR) is 87.4 cm³/mol. The van der Waals surface area contributed by atoms with E-state index in [0.717, 1.165) is 18.8 Å². The average Bonchev–Trinajstić information content (AvgIpc) is 2.45. The largest absolute Gasteiger partial charge is 0.493 e. The van der Waals surface area contributed by atoms with E-state index in [9.17, 15) is 4.79 Å². The lowest BCUT2D eigenvalue weighted by Gasteiger charge is -2.32. The number of anilines is 1. The molecule has 0 saturated carbocycles. The van der Waals surface area contributed by atoms with Crippen molar-refractivity contribution in [2.75, 3.05) is 52.5 Å². The first-order valence-electron chi connectivity index (χ1n) is 6.94. The van der Waals surface area contributed by atoms with Crippen molar-refractivity contribution < 1.29 is 19.0 Å². The van der Waals surface area contributed by atoms with Gasteiger partial charge in [0.2, 0.25) is 5.91 Å². The molecule has 1 saturated heterocycles. The summed E-state index contributed by atoms with van der Waals surface area (Å²) in [6.07, 6.45) is 0. The molecule has 124 valence electrons. The molecule has 0 unspecified atom stereocenters. The van der Waals surface area contributed by atoms with E-state index in [1.807, 2.05) is 12.1 Å². The molecule has 0 atom stereocenters. The smallest absolute Gasteiger partial charge is 0.232 e. The molecule has 0 aliphatic carbocycles. The molecule has 1 aromatic rings. The van der Waals surface area contributed by atoms with Crippen LogP contribution >= 0.6 is 12.4 Å². The number of nitrogens with zero attached hydrogens (tertiary/aromatic N) is 1. The van der Waals surface area contributed by atoms with Gasteiger partial charge in [-0.1, -0.05) is 0 Å². The van der Waals surface area contributed by atoms with Crippen LogP contribution in [0.2, 0.25) is 0 Å². The number of methoxy groups -OCH3 is 3. The van der Waals surface area contributed by atoms with Gasteiger partial charge in [0.15, 0.2) is 11.5 Å². The van der Waals surface area contributed by atoms with Crippen LogP contribution in [0, 0.1) is 5.92 Å². The van der Waals surface area contributed by atoms with E-state index in [0.29, 0.717) is 24.7 Å². The van der Waals surface area contributed by atoms with Crippen molar-refractivity contribution in [2.45, 2.75) is 0 Å². The summed E-state index contributed by atoms with van der Waals surface area (Å²) in [6, 6.07) is 5.49. The van der Waals surface area contributed by atoms with Crippen molar-refractivity contribution >= 4 is 24.0 Å². The Morgan fingerprint density at radius 2 is 1.91 bits per heavy atom. The van der Waals surface area contributed by atoms with Gasteiger partial charge in [0.25, 0.3) is 0 Å². The van der Waals surface area contributed by atoms with Gasteiger partial charge in [0, 0.05) is 38.5 Å². The first-order chi connectivity index (χ1) is 10.2. The molecular formula is C15H23ClN2O4. The molecule has 1 fully saturated rings. The molecule has 7 heteroatoms. The summed E-state index contributed by atoms with van der Waals surface area (Å²) in [5, 5.41) is 3.12. The predicted octanol–water partition coefficient (Wildman–Crippen LogP) is 1.32. The third-order valence-corrected chi connectivity index (χ3v) is 3.59. The highest BCUT2D eigenvalue weighted by atomic mass is 35.5. The Labute approximate surface area is 137 Å². The van der Waals surface area contributed by atoms with E-state index in [1.54, 1.807) is 32.3 Å². The molecule has 0 aromatic heterocycles. The molecule has 0 spiro atoms. The maximum Gasteiger partial charge on any atom is 0.232 e. The highest BCUT2D eigenvalue weighted by Gasteiger charge is 2.30. The summed E-state index contributed by atoms with van der Waals surface area (Å²) in [5.74, 6) is 1.40. The Bertz CT molecular complexity index is 494. The Morgan fingerprint density at radius 1 is 1.23 bits per heavy atom. The monoisotopic (exact) mass is 330 g/mol. The fourth-order valence-corrected chi connectivity index (χ4v) is 2.23. The fourth-order valence-electron chi connectivity index (χ4n) is 2.23. The number of halogens is 1. The van der Waals surface area contributed by atoms with Gasteiger partial charge in [0.05, 0.1) is 26.7 Å². The van der Waals surface area contributed by atoms with E-state index in [4.69, 9.17) is 14.2 Å². The lowest BCUT2D eigenvalue weighted by atomic mass is 10.0. The maximum atomic E-state index is 12.5. The van der Waals surface area contributed by atoms with Crippen molar-refractivity contribution in [2.24, 2.45) is 5.92 Å². The second-order valence-corrected chi connectivity index (χ2v) is 4.88. The van der Waals surface area contributed by atoms with Crippen LogP contribution in [0.1, 0.15) is 0 Å². The third kappa shape index (κ3) is 4.03. The fraction of sp³-hybridized carbons (Fsp3) is 0.533. The third-order valence-electron chi connectivity index (χ3n) is 3.59. The molecule has 0 bridgehead atoms. The SMILES string of the molecule is COCCN(C(=O)C1CNC1)c1ccc(OC)c(OC)c1.Cl. The van der Waals surface area contributed by atoms with Gasteiger partial charge < -0.3 is 24.4 Å². The van der Waals surface area contributed by atoms with Crippen LogP contribution in [-0.4, -0.2) is 53.5 Å². The van der Waals surface area contributed by atoms with Crippen molar-refractivity contribution in [3.63, 3.8) is 0 Å². The average molecular weight is 331 g/mol. The number of rotatable bonds is 7. The number of carbonyl (C=O) groups excluding carboxylic acids is 1. The van der Waals surface area contributed by atoms with Crippen LogP contribution in [0.3, 0.4) is 0 Å². The zero-order chi connectivity index (χ0) is 15.2. The highest BCUT2D eigenvalue weighted by molar-refractivity contribution is 5.96. The van der Waals surface area contributed by atoms with Gasteiger partial charge in [-0.05, 0) is 12.1 Å². The lowest BCUT2D eigenvalue weighted by Crippen LogP contribution is -2.52. The topological polar surface area (TPSA) is 60.0 Å². The minimum Gasteiger partial charge on any atom is -0.493 e. The maximum absolute atomic E-state index is 12.5. The number of hydrogen-bond donors (Lipinski definition) is 1. The second kappa shape index (κ2) is 8.82. The molecule has 1 aliphatic heterocycles. The molecule has 22 heavy (non-hydrogen) atoms. The zero-order valence-electron chi connectivity index (χ0n) is 13.1. The van der Waals surface area contributed by atoms with Crippen LogP contribution in [-0.2, 0) is 9.53 Å². The Morgan fingerprint density at radius 3 is 2.41 bits per heavy atom. The molecule has 1 amide bonds. The zero-order valence-corrected chi connectivity index (χ0v) is 13.9. The Hall–Kier alpha value is -1.50. The van der Waals surface area contributed by atoms with Gasteiger partial charge in [0.1, 0.15) is 0 Å². The summed E-state index contributed by atoms with van der Waals surface area (Å²) in [6.45, 7) is 2.47. The van der Waals surface area contributed by atoms with Gasteiger partial charge in [-0.25, -0.2) is 0 Å². The van der Waals surface area contributed by atoms with Crippen LogP contribution < -0.4 is 19.7 Å². The van der Waals surface area contributed by atoms with E-state index < -0.39 is 0 Å². The van der Waals surface area contributed by atoms with Crippen LogP contribution in [0.4, 0.5) is 5.69 Å². The van der Waals surface area contributed by atoms with Gasteiger partial charge >= 0.3 is 0 Å². The quantitative estimate of drug-likeness (QED) is 0.817. The van der Waals surface area contributed by atoms with Crippen molar-refractivity contribution in [1.29, 1.82) is 0 Å². The first-order valence-corrected chi connectivity index (χ1v) is 6.94. The second-order valence-electron chi connectivity index (χ2n) is 4.88. The number of ether oxygens (including phenoxy) is 3. The molecule has 1 N–H and O–H groups in total. The van der Waals surface area contributed by atoms with Gasteiger partial charge in [-0.3, -0.25) is 4.79 Å². The summed E-state index contributed by atoms with van der Waals surface area (Å²) in [7, 11) is 4.80. The molecule has 1 aliphatic rings. The summed E-state index contributed by atoms with van der Waals surface area (Å²) in [4.78, 5) is 14.3. The minimum absolute atomic E-state index is 0. The van der Waals surface area contributed by atoms with Crippen LogP contribution in [0.5, 0.6) is 11.5 Å². The lowest BCUT2D eigenvalue weighted by molar-refractivity contribution is -0.123.